The molecule has 0 N–H and O–H groups in total. The summed E-state index contributed by atoms with van der Waals surface area (Å²) in [5, 5.41) is 0. The summed E-state index contributed by atoms with van der Waals surface area (Å²) in [7, 11) is 2.89. The Bertz CT molecular complexity index is 1050. The van der Waals surface area contributed by atoms with Crippen LogP contribution in [0.1, 0.15) is 48.4 Å². The third kappa shape index (κ3) is 4.87. The lowest BCUT2D eigenvalue weighted by Crippen LogP contribution is -2.55. The van der Waals surface area contributed by atoms with Gasteiger partial charge in [-0.15, -0.1) is 0 Å². The second-order valence-corrected chi connectivity index (χ2v) is 9.56. The van der Waals surface area contributed by atoms with E-state index in [1.165, 1.54) is 17.7 Å². The highest BCUT2D eigenvalue weighted by Gasteiger charge is 2.48. The molecule has 4 rings (SSSR count). The summed E-state index contributed by atoms with van der Waals surface area (Å²) >= 11 is 0. The average molecular weight is 467 g/mol. The van der Waals surface area contributed by atoms with Crippen LogP contribution in [0.2, 0.25) is 0 Å². The number of carbonyl (C=O) groups excluding carboxylic acids is 1. The molecule has 32 heavy (non-hydrogen) atoms. The summed E-state index contributed by atoms with van der Waals surface area (Å²) in [5.74, 6) is 0.956. The Morgan fingerprint density at radius 1 is 1.03 bits per heavy atom. The van der Waals surface area contributed by atoms with Gasteiger partial charge in [-0.3, -0.25) is 4.79 Å². The quantitative estimate of drug-likeness (QED) is 0.259. The zero-order valence-electron chi connectivity index (χ0n) is 18.3. The van der Waals surface area contributed by atoms with Crippen molar-refractivity contribution in [3.05, 3.63) is 95.3 Å². The molecule has 1 fully saturated rings. The minimum atomic E-state index is -0.224. The van der Waals surface area contributed by atoms with Gasteiger partial charge in [0.1, 0.15) is 11.6 Å². The van der Waals surface area contributed by atoms with E-state index in [4.69, 9.17) is 4.52 Å². The van der Waals surface area contributed by atoms with E-state index >= 15 is 0 Å². The number of β-lactam (4-membered cyclic amide) rings is 1. The number of benzene rings is 3. The first-order valence-electron chi connectivity index (χ1n) is 10.9. The fraction of sp³-hybridized carbons (Fsp3) is 0.269. The number of anilines is 1. The van der Waals surface area contributed by atoms with Crippen molar-refractivity contribution in [2.24, 2.45) is 5.92 Å². The predicted octanol–water partition coefficient (Wildman–Crippen LogP) is 7.18. The van der Waals surface area contributed by atoms with Gasteiger partial charge < -0.3 is 9.42 Å². The van der Waals surface area contributed by atoms with Crippen LogP contribution in [-0.2, 0) is 4.79 Å². The van der Waals surface area contributed by atoms with Crippen LogP contribution in [0.25, 0.3) is 0 Å². The van der Waals surface area contributed by atoms with Gasteiger partial charge in [0.05, 0.1) is 20.5 Å². The van der Waals surface area contributed by atoms with Gasteiger partial charge in [0.15, 0.2) is 0 Å². The van der Waals surface area contributed by atoms with Crippen molar-refractivity contribution in [1.82, 2.24) is 0 Å². The maximum Gasteiger partial charge on any atom is 0.233 e. The maximum absolute atomic E-state index is 13.3. The number of hydrogen-bond donors (Lipinski definition) is 0. The number of nitrogens with zero attached hydrogens (tertiary/aromatic N) is 1. The molecule has 0 saturated carbocycles. The van der Waals surface area contributed by atoms with Gasteiger partial charge in [-0.25, -0.2) is 4.39 Å². The predicted molar refractivity (Wildman–Crippen MR) is 134 cm³/mol. The van der Waals surface area contributed by atoms with E-state index < -0.39 is 0 Å². The number of rotatable bonds is 8. The topological polar surface area (TPSA) is 29.5 Å². The van der Waals surface area contributed by atoms with Crippen LogP contribution < -0.4 is 9.42 Å². The van der Waals surface area contributed by atoms with Crippen molar-refractivity contribution in [2.45, 2.75) is 38.6 Å². The summed E-state index contributed by atoms with van der Waals surface area (Å²) in [6.45, 7) is 4.18. The Balaban J connectivity index is 1.55. The molecule has 1 saturated heterocycles. The molecule has 5 atom stereocenters. The lowest BCUT2D eigenvalue weighted by Gasteiger charge is -2.48. The van der Waals surface area contributed by atoms with Gasteiger partial charge in [-0.1, -0.05) is 57.8 Å². The molecule has 0 radical (unpaired) electrons. The minimum absolute atomic E-state index is 0.00174. The molecular weight excluding hydrogens is 439 g/mol. The standard InChI is InChI=1S/C26H28FNO2P2/c1-17-3-12-22(13-4-17)28-25(20-8-14-23(15-9-20)30-32-31)24(26(28)29)16-5-18(2)19-6-10-21(27)11-7-19/h3-4,6-15,18,24-25,32H,5,16,31H2,1-2H3/t18-,24-,25?/m0/s1. The molecule has 1 amide bonds. The Morgan fingerprint density at radius 2 is 1.69 bits per heavy atom. The molecule has 0 bridgehead atoms. The largest absolute Gasteiger partial charge is 0.473 e. The Hall–Kier alpha value is -2.28. The van der Waals surface area contributed by atoms with Crippen molar-refractivity contribution in [3.63, 3.8) is 0 Å². The van der Waals surface area contributed by atoms with Crippen LogP contribution in [0, 0.1) is 18.7 Å². The highest BCUT2D eigenvalue weighted by molar-refractivity contribution is 8.00. The molecule has 6 heteroatoms. The smallest absolute Gasteiger partial charge is 0.233 e. The van der Waals surface area contributed by atoms with Crippen molar-refractivity contribution in [3.8, 4) is 5.75 Å². The highest BCUT2D eigenvalue weighted by Crippen LogP contribution is 2.46. The molecule has 3 aromatic rings. The number of aryl methyl sites for hydroxylation is 1. The highest BCUT2D eigenvalue weighted by atomic mass is 32.0. The van der Waals surface area contributed by atoms with Crippen molar-refractivity contribution in [2.75, 3.05) is 4.90 Å². The van der Waals surface area contributed by atoms with Crippen LogP contribution in [0.15, 0.2) is 72.8 Å². The normalized spacial score (nSPS) is 19.2. The average Bonchev–Trinajstić information content (AvgIpc) is 2.80. The zero-order chi connectivity index (χ0) is 22.7. The van der Waals surface area contributed by atoms with Gasteiger partial charge in [0.2, 0.25) is 5.91 Å². The van der Waals surface area contributed by atoms with Crippen LogP contribution in [0.3, 0.4) is 0 Å². The van der Waals surface area contributed by atoms with Crippen molar-refractivity contribution >= 4 is 29.0 Å². The molecule has 3 unspecified atom stereocenters. The number of amides is 1. The molecule has 0 aromatic heterocycles. The third-order valence-electron chi connectivity index (χ3n) is 6.27. The van der Waals surface area contributed by atoms with E-state index in [2.05, 4.69) is 28.0 Å². The van der Waals surface area contributed by atoms with Gasteiger partial charge >= 0.3 is 0 Å². The number of hydrogen-bond acceptors (Lipinski definition) is 2. The lowest BCUT2D eigenvalue weighted by molar-refractivity contribution is -0.130. The first-order chi connectivity index (χ1) is 15.5. The molecule has 0 spiro atoms. The van der Waals surface area contributed by atoms with Crippen LogP contribution in [0.5, 0.6) is 5.75 Å². The first kappa shape index (κ1) is 22.9. The molecule has 1 aliphatic heterocycles. The van der Waals surface area contributed by atoms with Gasteiger partial charge in [-0.2, -0.15) is 0 Å². The molecule has 3 nitrogen and oxygen atoms in total. The zero-order valence-corrected chi connectivity index (χ0v) is 20.4. The first-order valence-corrected chi connectivity index (χ1v) is 13.6. The summed E-state index contributed by atoms with van der Waals surface area (Å²) in [4.78, 5) is 15.2. The second-order valence-electron chi connectivity index (χ2n) is 8.41. The summed E-state index contributed by atoms with van der Waals surface area (Å²) in [5.41, 5.74) is 4.32. The van der Waals surface area contributed by atoms with Gasteiger partial charge in [0.25, 0.3) is 0 Å². The monoisotopic (exact) mass is 467 g/mol. The van der Waals surface area contributed by atoms with E-state index in [0.29, 0.717) is 8.50 Å². The number of carbonyl (C=O) groups is 1. The van der Waals surface area contributed by atoms with E-state index in [0.717, 1.165) is 35.4 Å². The fourth-order valence-corrected chi connectivity index (χ4v) is 5.07. The minimum Gasteiger partial charge on any atom is -0.473 e. The van der Waals surface area contributed by atoms with Crippen LogP contribution in [-0.4, -0.2) is 5.91 Å². The molecule has 166 valence electrons. The van der Waals surface area contributed by atoms with Crippen molar-refractivity contribution in [1.29, 1.82) is 0 Å². The van der Waals surface area contributed by atoms with E-state index in [1.807, 2.05) is 60.4 Å². The van der Waals surface area contributed by atoms with Crippen LogP contribution >= 0.6 is 17.4 Å². The van der Waals surface area contributed by atoms with E-state index in [-0.39, 0.29) is 29.6 Å². The molecule has 3 aromatic carbocycles. The molecule has 1 aliphatic rings. The summed E-state index contributed by atoms with van der Waals surface area (Å²) in [6, 6.07) is 22.9. The fourth-order valence-electron chi connectivity index (χ4n) is 4.39. The SMILES string of the molecule is Cc1ccc(N2C(=O)[C@@H](CC[C@H](C)c3ccc(F)cc3)C2c2ccc(OPP)cc2)cc1. The van der Waals surface area contributed by atoms with E-state index in [1.54, 1.807) is 0 Å². The summed E-state index contributed by atoms with van der Waals surface area (Å²) < 4.78 is 18.8. The Labute approximate surface area is 193 Å². The Morgan fingerprint density at radius 3 is 2.31 bits per heavy atom. The van der Waals surface area contributed by atoms with Crippen molar-refractivity contribution < 1.29 is 13.7 Å². The van der Waals surface area contributed by atoms with Gasteiger partial charge in [-0.05, 0) is 73.2 Å². The second kappa shape index (κ2) is 10.1. The third-order valence-corrected chi connectivity index (χ3v) is 6.98. The molecule has 1 heterocycles. The lowest BCUT2D eigenvalue weighted by atomic mass is 9.77. The summed E-state index contributed by atoms with van der Waals surface area (Å²) in [6.07, 6.45) is 1.66. The number of halogens is 1. The Kier molecular flexibility index (Phi) is 7.23. The van der Waals surface area contributed by atoms with E-state index in [9.17, 15) is 9.18 Å². The molecular formula is C26H28FNO2P2. The maximum atomic E-state index is 13.3. The van der Waals surface area contributed by atoms with Gasteiger partial charge in [0, 0.05) is 5.69 Å². The van der Waals surface area contributed by atoms with Crippen LogP contribution in [0.4, 0.5) is 10.1 Å². The molecule has 0 aliphatic carbocycles.